The van der Waals surface area contributed by atoms with E-state index in [4.69, 9.17) is 5.11 Å². The maximum atomic E-state index is 10.6. The summed E-state index contributed by atoms with van der Waals surface area (Å²) in [5.41, 5.74) is 3.36. The van der Waals surface area contributed by atoms with Gasteiger partial charge in [0.15, 0.2) is 0 Å². The maximum Gasteiger partial charge on any atom is 0.328 e. The SMILES string of the molecule is CCCCCN(c1ccc(C=CC(=O)O)cc1C)C(C)C. The molecule has 1 rings (SSSR count). The molecule has 0 aliphatic heterocycles. The van der Waals surface area contributed by atoms with Gasteiger partial charge in [-0.15, -0.1) is 0 Å². The minimum atomic E-state index is -0.917. The van der Waals surface area contributed by atoms with Crippen LogP contribution in [0.3, 0.4) is 0 Å². The van der Waals surface area contributed by atoms with E-state index in [9.17, 15) is 4.79 Å². The van der Waals surface area contributed by atoms with Crippen molar-refractivity contribution in [3.05, 3.63) is 35.4 Å². The van der Waals surface area contributed by atoms with Crippen LogP contribution in [0.1, 0.15) is 51.2 Å². The molecule has 21 heavy (non-hydrogen) atoms. The van der Waals surface area contributed by atoms with Crippen molar-refractivity contribution in [2.75, 3.05) is 11.4 Å². The number of aryl methyl sites for hydroxylation is 1. The summed E-state index contributed by atoms with van der Waals surface area (Å²) in [6, 6.07) is 6.59. The normalized spacial score (nSPS) is 11.3. The summed E-state index contributed by atoms with van der Waals surface area (Å²) in [5.74, 6) is -0.917. The van der Waals surface area contributed by atoms with E-state index in [1.54, 1.807) is 6.08 Å². The predicted molar refractivity (Wildman–Crippen MR) is 89.9 cm³/mol. The van der Waals surface area contributed by atoms with E-state index in [0.29, 0.717) is 6.04 Å². The standard InChI is InChI=1S/C18H27NO2/c1-5-6-7-12-19(14(2)3)17-10-8-16(13-15(17)4)9-11-18(20)21/h8-11,13-14H,5-7,12H2,1-4H3,(H,20,21). The quantitative estimate of drug-likeness (QED) is 0.566. The molecule has 1 aromatic carbocycles. The van der Waals surface area contributed by atoms with Crippen molar-refractivity contribution >= 4 is 17.7 Å². The molecule has 3 heteroatoms. The Morgan fingerprint density at radius 1 is 1.33 bits per heavy atom. The second-order valence-corrected chi connectivity index (χ2v) is 5.71. The number of hydrogen-bond acceptors (Lipinski definition) is 2. The van der Waals surface area contributed by atoms with Crippen LogP contribution in [0.5, 0.6) is 0 Å². The molecule has 116 valence electrons. The van der Waals surface area contributed by atoms with E-state index in [2.05, 4.69) is 38.7 Å². The summed E-state index contributed by atoms with van der Waals surface area (Å²) < 4.78 is 0. The van der Waals surface area contributed by atoms with Crippen molar-refractivity contribution in [2.45, 2.75) is 53.0 Å². The van der Waals surface area contributed by atoms with Crippen LogP contribution >= 0.6 is 0 Å². The molecule has 0 amide bonds. The molecule has 0 aromatic heterocycles. The summed E-state index contributed by atoms with van der Waals surface area (Å²) >= 11 is 0. The van der Waals surface area contributed by atoms with Gasteiger partial charge in [-0.25, -0.2) is 4.79 Å². The van der Waals surface area contributed by atoms with Crippen LogP contribution in [-0.2, 0) is 4.79 Å². The fourth-order valence-corrected chi connectivity index (χ4v) is 2.46. The number of carbonyl (C=O) groups is 1. The van der Waals surface area contributed by atoms with Crippen molar-refractivity contribution in [3.8, 4) is 0 Å². The average Bonchev–Trinajstić information content (AvgIpc) is 2.42. The van der Waals surface area contributed by atoms with Gasteiger partial charge in [0.25, 0.3) is 0 Å². The lowest BCUT2D eigenvalue weighted by molar-refractivity contribution is -0.131. The number of anilines is 1. The lowest BCUT2D eigenvalue weighted by atomic mass is 10.1. The van der Waals surface area contributed by atoms with E-state index in [-0.39, 0.29) is 0 Å². The molecular weight excluding hydrogens is 262 g/mol. The summed E-state index contributed by atoms with van der Waals surface area (Å²) in [7, 11) is 0. The Bertz CT molecular complexity index is 492. The number of benzene rings is 1. The Hall–Kier alpha value is -1.77. The van der Waals surface area contributed by atoms with Crippen LogP contribution in [0.2, 0.25) is 0 Å². The Morgan fingerprint density at radius 2 is 2.05 bits per heavy atom. The fourth-order valence-electron chi connectivity index (χ4n) is 2.46. The molecule has 1 aromatic rings. The van der Waals surface area contributed by atoms with Gasteiger partial charge in [-0.05, 0) is 56.5 Å². The van der Waals surface area contributed by atoms with E-state index >= 15 is 0 Å². The molecule has 0 saturated heterocycles. The second kappa shape index (κ2) is 8.50. The third-order valence-corrected chi connectivity index (χ3v) is 3.57. The largest absolute Gasteiger partial charge is 0.478 e. The lowest BCUT2D eigenvalue weighted by Crippen LogP contribution is -2.32. The number of rotatable bonds is 8. The van der Waals surface area contributed by atoms with Crippen LogP contribution in [-0.4, -0.2) is 23.7 Å². The highest BCUT2D eigenvalue weighted by atomic mass is 16.4. The molecule has 0 spiro atoms. The van der Waals surface area contributed by atoms with E-state index in [1.807, 2.05) is 12.1 Å². The van der Waals surface area contributed by atoms with Gasteiger partial charge in [0.2, 0.25) is 0 Å². The molecule has 0 bridgehead atoms. The van der Waals surface area contributed by atoms with Crippen molar-refractivity contribution in [3.63, 3.8) is 0 Å². The van der Waals surface area contributed by atoms with Gasteiger partial charge in [-0.1, -0.05) is 25.8 Å². The Labute approximate surface area is 128 Å². The summed E-state index contributed by atoms with van der Waals surface area (Å²) in [6.45, 7) is 9.79. The monoisotopic (exact) mass is 289 g/mol. The number of carboxylic acids is 1. The molecule has 0 saturated carbocycles. The smallest absolute Gasteiger partial charge is 0.328 e. The molecule has 0 atom stereocenters. The molecule has 0 heterocycles. The molecule has 0 fully saturated rings. The summed E-state index contributed by atoms with van der Waals surface area (Å²) in [4.78, 5) is 13.0. The van der Waals surface area contributed by atoms with E-state index < -0.39 is 5.97 Å². The second-order valence-electron chi connectivity index (χ2n) is 5.71. The minimum absolute atomic E-state index is 0.459. The zero-order valence-electron chi connectivity index (χ0n) is 13.6. The fraction of sp³-hybridized carbons (Fsp3) is 0.500. The number of carboxylic acid groups (broad SMARTS) is 1. The highest BCUT2D eigenvalue weighted by molar-refractivity contribution is 5.85. The van der Waals surface area contributed by atoms with Crippen molar-refractivity contribution in [1.82, 2.24) is 0 Å². The molecule has 0 aliphatic carbocycles. The van der Waals surface area contributed by atoms with Crippen molar-refractivity contribution < 1.29 is 9.90 Å². The number of hydrogen-bond donors (Lipinski definition) is 1. The highest BCUT2D eigenvalue weighted by Gasteiger charge is 2.12. The first-order chi connectivity index (χ1) is 9.95. The van der Waals surface area contributed by atoms with Crippen LogP contribution in [0.4, 0.5) is 5.69 Å². The van der Waals surface area contributed by atoms with Gasteiger partial charge >= 0.3 is 5.97 Å². The van der Waals surface area contributed by atoms with Crippen LogP contribution in [0.25, 0.3) is 6.08 Å². The first-order valence-corrected chi connectivity index (χ1v) is 7.74. The Kier molecular flexibility index (Phi) is 7.00. The zero-order chi connectivity index (χ0) is 15.8. The lowest BCUT2D eigenvalue weighted by Gasteiger charge is -2.30. The minimum Gasteiger partial charge on any atom is -0.478 e. The van der Waals surface area contributed by atoms with Crippen LogP contribution in [0, 0.1) is 6.92 Å². The third kappa shape index (κ3) is 5.62. The van der Waals surface area contributed by atoms with Gasteiger partial charge < -0.3 is 10.0 Å². The van der Waals surface area contributed by atoms with Gasteiger partial charge in [0, 0.05) is 24.4 Å². The van der Waals surface area contributed by atoms with Gasteiger partial charge in [-0.3, -0.25) is 0 Å². The van der Waals surface area contributed by atoms with Gasteiger partial charge in [0.1, 0.15) is 0 Å². The average molecular weight is 289 g/mol. The molecular formula is C18H27NO2. The third-order valence-electron chi connectivity index (χ3n) is 3.57. The van der Waals surface area contributed by atoms with Gasteiger partial charge in [-0.2, -0.15) is 0 Å². The molecule has 0 unspecified atom stereocenters. The summed E-state index contributed by atoms with van der Waals surface area (Å²) in [5, 5.41) is 8.69. The first kappa shape index (κ1) is 17.3. The molecule has 1 N–H and O–H groups in total. The van der Waals surface area contributed by atoms with Crippen LogP contribution < -0.4 is 4.90 Å². The highest BCUT2D eigenvalue weighted by Crippen LogP contribution is 2.24. The Balaban J connectivity index is 2.91. The molecule has 0 aliphatic rings. The maximum absolute atomic E-state index is 10.6. The Morgan fingerprint density at radius 3 is 2.57 bits per heavy atom. The summed E-state index contributed by atoms with van der Waals surface area (Å²) in [6.07, 6.45) is 6.49. The molecule has 0 radical (unpaired) electrons. The molecule has 3 nitrogen and oxygen atoms in total. The number of nitrogens with zero attached hydrogens (tertiary/aromatic N) is 1. The number of aliphatic carboxylic acids is 1. The van der Waals surface area contributed by atoms with Crippen LogP contribution in [0.15, 0.2) is 24.3 Å². The first-order valence-electron chi connectivity index (χ1n) is 7.74. The predicted octanol–water partition coefficient (Wildman–Crippen LogP) is 4.50. The van der Waals surface area contributed by atoms with E-state index in [0.717, 1.165) is 12.1 Å². The van der Waals surface area contributed by atoms with Crippen molar-refractivity contribution in [1.29, 1.82) is 0 Å². The van der Waals surface area contributed by atoms with Crippen molar-refractivity contribution in [2.24, 2.45) is 0 Å². The number of unbranched alkanes of at least 4 members (excludes halogenated alkanes) is 2. The van der Waals surface area contributed by atoms with Gasteiger partial charge in [0.05, 0.1) is 0 Å². The van der Waals surface area contributed by atoms with E-state index in [1.165, 1.54) is 36.6 Å². The zero-order valence-corrected chi connectivity index (χ0v) is 13.6. The topological polar surface area (TPSA) is 40.5 Å².